The fraction of sp³-hybridized carbons (Fsp3) is 0.632. The van der Waals surface area contributed by atoms with Crippen LogP contribution < -0.4 is 14.8 Å². The highest BCUT2D eigenvalue weighted by atomic mass is 79.9. The molecule has 1 saturated carbocycles. The van der Waals surface area contributed by atoms with Gasteiger partial charge in [0.2, 0.25) is 0 Å². The van der Waals surface area contributed by atoms with Gasteiger partial charge in [0.1, 0.15) is 0 Å². The molecule has 2 rings (SSSR count). The third-order valence-corrected chi connectivity index (χ3v) is 5.55. The lowest BCUT2D eigenvalue weighted by atomic mass is 10.1. The van der Waals surface area contributed by atoms with Gasteiger partial charge in [0, 0.05) is 19.0 Å². The number of rotatable bonds is 10. The minimum absolute atomic E-state index is 0.0853. The topological polar surface area (TPSA) is 67.8 Å². The van der Waals surface area contributed by atoms with Crippen molar-refractivity contribution >= 4 is 21.9 Å². The van der Waals surface area contributed by atoms with Crippen LogP contribution in [0.2, 0.25) is 0 Å². The molecule has 0 heterocycles. The van der Waals surface area contributed by atoms with Crippen LogP contribution in [0.5, 0.6) is 11.5 Å². The number of carboxylic acids is 1. The number of alkyl halides is 5. The first-order valence-electron chi connectivity index (χ1n) is 9.34. The molecule has 170 valence electrons. The largest absolute Gasteiger partial charge is 0.493 e. The second-order valence-electron chi connectivity index (χ2n) is 7.19. The summed E-state index contributed by atoms with van der Waals surface area (Å²) in [5.41, 5.74) is 0.813. The van der Waals surface area contributed by atoms with Crippen LogP contribution in [0, 0.1) is 5.92 Å². The number of nitrogens with one attached hydrogen (secondary N) is 1. The number of halogens is 6. The van der Waals surface area contributed by atoms with E-state index >= 15 is 0 Å². The van der Waals surface area contributed by atoms with Crippen LogP contribution in [0.3, 0.4) is 0 Å². The van der Waals surface area contributed by atoms with Gasteiger partial charge in [-0.15, -0.1) is 0 Å². The summed E-state index contributed by atoms with van der Waals surface area (Å²) < 4.78 is 73.6. The van der Waals surface area contributed by atoms with Gasteiger partial charge in [-0.3, -0.25) is 4.79 Å². The van der Waals surface area contributed by atoms with Crippen LogP contribution in [0.15, 0.2) is 16.6 Å². The molecule has 1 aliphatic carbocycles. The van der Waals surface area contributed by atoms with Crippen LogP contribution in [0.4, 0.5) is 22.0 Å². The Labute approximate surface area is 179 Å². The SMILES string of the molecule is COc1cc(CNC2CCC(C(=O)O)C2)cc(Br)c1OCCCC(F)(F)C(F)(F)F. The van der Waals surface area contributed by atoms with Gasteiger partial charge in [-0.25, -0.2) is 0 Å². The molecular formula is C19H23BrF5NO4. The number of hydrogen-bond donors (Lipinski definition) is 2. The Hall–Kier alpha value is -1.62. The van der Waals surface area contributed by atoms with Crippen LogP contribution in [-0.4, -0.2) is 42.9 Å². The average molecular weight is 504 g/mol. The molecule has 5 nitrogen and oxygen atoms in total. The molecule has 30 heavy (non-hydrogen) atoms. The highest BCUT2D eigenvalue weighted by Crippen LogP contribution is 2.40. The van der Waals surface area contributed by atoms with E-state index in [1.807, 2.05) is 0 Å². The van der Waals surface area contributed by atoms with Crippen molar-refractivity contribution in [3.8, 4) is 11.5 Å². The molecule has 1 aromatic rings. The quantitative estimate of drug-likeness (QED) is 0.341. The second kappa shape index (κ2) is 10.1. The van der Waals surface area contributed by atoms with Crippen LogP contribution in [0.1, 0.15) is 37.7 Å². The fourth-order valence-electron chi connectivity index (χ4n) is 3.28. The Balaban J connectivity index is 1.91. The lowest BCUT2D eigenvalue weighted by molar-refractivity contribution is -0.284. The maximum Gasteiger partial charge on any atom is 0.453 e. The maximum atomic E-state index is 13.0. The summed E-state index contributed by atoms with van der Waals surface area (Å²) in [5, 5.41) is 12.4. The average Bonchev–Trinajstić information content (AvgIpc) is 3.12. The molecular weight excluding hydrogens is 481 g/mol. The van der Waals surface area contributed by atoms with Gasteiger partial charge in [-0.05, 0) is 59.3 Å². The van der Waals surface area contributed by atoms with E-state index in [0.29, 0.717) is 29.6 Å². The molecule has 11 heteroatoms. The molecule has 2 N–H and O–H groups in total. The highest BCUT2D eigenvalue weighted by molar-refractivity contribution is 9.10. The van der Waals surface area contributed by atoms with E-state index in [4.69, 9.17) is 14.6 Å². The molecule has 2 atom stereocenters. The standard InChI is InChI=1S/C19H23BrF5NO4/c1-29-15-8-11(10-26-13-4-3-12(9-13)17(27)28)7-14(20)16(15)30-6-2-5-18(21,22)19(23,24)25/h7-8,12-13,26H,2-6,9-10H2,1H3,(H,27,28). The Morgan fingerprint density at radius 2 is 1.97 bits per heavy atom. The second-order valence-corrected chi connectivity index (χ2v) is 8.04. The van der Waals surface area contributed by atoms with E-state index in [2.05, 4.69) is 21.2 Å². The van der Waals surface area contributed by atoms with Gasteiger partial charge in [-0.2, -0.15) is 22.0 Å². The number of carboxylic acid groups (broad SMARTS) is 1. The van der Waals surface area contributed by atoms with Gasteiger partial charge < -0.3 is 19.9 Å². The molecule has 0 radical (unpaired) electrons. The number of hydrogen-bond acceptors (Lipinski definition) is 4. The lowest BCUT2D eigenvalue weighted by Crippen LogP contribution is -2.36. The van der Waals surface area contributed by atoms with Crippen molar-refractivity contribution in [2.45, 2.75) is 56.8 Å². The summed E-state index contributed by atoms with van der Waals surface area (Å²) >= 11 is 3.31. The van der Waals surface area contributed by atoms with Crippen molar-refractivity contribution in [2.75, 3.05) is 13.7 Å². The van der Waals surface area contributed by atoms with Crippen LogP contribution in [-0.2, 0) is 11.3 Å². The molecule has 1 aliphatic rings. The minimum Gasteiger partial charge on any atom is -0.493 e. The smallest absolute Gasteiger partial charge is 0.453 e. The molecule has 0 aliphatic heterocycles. The van der Waals surface area contributed by atoms with E-state index in [-0.39, 0.29) is 24.3 Å². The predicted molar refractivity (Wildman–Crippen MR) is 102 cm³/mol. The zero-order chi connectivity index (χ0) is 22.5. The number of benzene rings is 1. The molecule has 0 amide bonds. The summed E-state index contributed by atoms with van der Waals surface area (Å²) in [6.45, 7) is 0.112. The van der Waals surface area contributed by atoms with E-state index in [9.17, 15) is 26.7 Å². The van der Waals surface area contributed by atoms with Crippen molar-refractivity contribution < 1.29 is 41.3 Å². The molecule has 0 aromatic heterocycles. The molecule has 2 unspecified atom stereocenters. The first kappa shape index (κ1) is 24.6. The van der Waals surface area contributed by atoms with E-state index in [0.717, 1.165) is 12.0 Å². The van der Waals surface area contributed by atoms with Crippen LogP contribution in [0.25, 0.3) is 0 Å². The third-order valence-electron chi connectivity index (χ3n) is 4.96. The van der Waals surface area contributed by atoms with Crippen molar-refractivity contribution in [1.29, 1.82) is 0 Å². The van der Waals surface area contributed by atoms with Crippen LogP contribution >= 0.6 is 15.9 Å². The molecule has 0 saturated heterocycles. The number of methoxy groups -OCH3 is 1. The normalized spacial score (nSPS) is 19.7. The Bertz CT molecular complexity index is 744. The Morgan fingerprint density at radius 1 is 1.27 bits per heavy atom. The number of aliphatic carboxylic acids is 1. The lowest BCUT2D eigenvalue weighted by Gasteiger charge is -2.20. The summed E-state index contributed by atoms with van der Waals surface area (Å²) in [6, 6.07) is 3.47. The first-order valence-corrected chi connectivity index (χ1v) is 10.1. The monoisotopic (exact) mass is 503 g/mol. The molecule has 1 aromatic carbocycles. The van der Waals surface area contributed by atoms with Crippen molar-refractivity contribution in [1.82, 2.24) is 5.32 Å². The third kappa shape index (κ3) is 6.44. The highest BCUT2D eigenvalue weighted by Gasteiger charge is 2.56. The van der Waals surface area contributed by atoms with E-state index < -0.39 is 30.9 Å². The van der Waals surface area contributed by atoms with Crippen molar-refractivity contribution in [3.63, 3.8) is 0 Å². The summed E-state index contributed by atoms with van der Waals surface area (Å²) in [6.07, 6.45) is -5.49. The first-order chi connectivity index (χ1) is 13.9. The number of ether oxygens (including phenoxy) is 2. The molecule has 0 bridgehead atoms. The van der Waals surface area contributed by atoms with Gasteiger partial charge in [0.05, 0.1) is 24.1 Å². The minimum atomic E-state index is -5.58. The zero-order valence-electron chi connectivity index (χ0n) is 16.2. The maximum absolute atomic E-state index is 13.0. The van der Waals surface area contributed by atoms with Gasteiger partial charge >= 0.3 is 18.1 Å². The molecule has 0 spiro atoms. The van der Waals surface area contributed by atoms with E-state index in [1.54, 1.807) is 12.1 Å². The zero-order valence-corrected chi connectivity index (χ0v) is 17.8. The van der Waals surface area contributed by atoms with Gasteiger partial charge in [0.15, 0.2) is 11.5 Å². The van der Waals surface area contributed by atoms with Gasteiger partial charge in [-0.1, -0.05) is 0 Å². The van der Waals surface area contributed by atoms with Gasteiger partial charge in [0.25, 0.3) is 0 Å². The summed E-state index contributed by atoms with van der Waals surface area (Å²) in [7, 11) is 1.39. The Morgan fingerprint density at radius 3 is 2.53 bits per heavy atom. The Kier molecular flexibility index (Phi) is 8.32. The van der Waals surface area contributed by atoms with E-state index in [1.165, 1.54) is 7.11 Å². The molecule has 1 fully saturated rings. The summed E-state index contributed by atoms with van der Waals surface area (Å²) in [4.78, 5) is 11.0. The number of carbonyl (C=O) groups is 1. The summed E-state index contributed by atoms with van der Waals surface area (Å²) in [5.74, 6) is -5.38. The van der Waals surface area contributed by atoms with Crippen molar-refractivity contribution in [3.05, 3.63) is 22.2 Å². The fourth-order valence-corrected chi connectivity index (χ4v) is 3.88. The van der Waals surface area contributed by atoms with Crippen molar-refractivity contribution in [2.24, 2.45) is 5.92 Å². The predicted octanol–water partition coefficient (Wildman–Crippen LogP) is 5.16.